The minimum Gasteiger partial charge on any atom is -0.351 e. The second kappa shape index (κ2) is 6.90. The fraction of sp³-hybridized carbons (Fsp3) is 0.118. The quantitative estimate of drug-likeness (QED) is 0.540. The fourth-order valence-corrected chi connectivity index (χ4v) is 3.05. The number of amides is 1. The summed E-state index contributed by atoms with van der Waals surface area (Å²) in [4.78, 5) is 16.4. The number of benzene rings is 2. The zero-order valence-corrected chi connectivity index (χ0v) is 13.4. The van der Waals surface area contributed by atoms with Gasteiger partial charge in [0, 0.05) is 33.1 Å². The van der Waals surface area contributed by atoms with Crippen LogP contribution in [-0.2, 0) is 0 Å². The smallest absolute Gasteiger partial charge is 0.267 e. The molecular formula is C17H15ClN2OS. The lowest BCUT2D eigenvalue weighted by atomic mass is 10.2. The van der Waals surface area contributed by atoms with Crippen LogP contribution in [0.15, 0.2) is 59.5 Å². The van der Waals surface area contributed by atoms with E-state index in [9.17, 15) is 4.79 Å². The van der Waals surface area contributed by atoms with Gasteiger partial charge in [-0.2, -0.15) is 0 Å². The molecule has 0 saturated heterocycles. The lowest BCUT2D eigenvalue weighted by molar-refractivity contribution is 0.0952. The molecule has 3 nitrogen and oxygen atoms in total. The van der Waals surface area contributed by atoms with Crippen molar-refractivity contribution >= 4 is 40.2 Å². The molecule has 1 heterocycles. The number of carbonyl (C=O) groups excluding carboxylic acids is 1. The molecule has 0 unspecified atom stereocenters. The molecule has 0 bridgehead atoms. The number of fused-ring (bicyclic) bond motifs is 1. The number of aromatic nitrogens is 1. The van der Waals surface area contributed by atoms with E-state index in [0.717, 1.165) is 26.6 Å². The number of hydrogen-bond donors (Lipinski definition) is 2. The van der Waals surface area contributed by atoms with E-state index >= 15 is 0 Å². The molecule has 112 valence electrons. The molecular weight excluding hydrogens is 316 g/mol. The highest BCUT2D eigenvalue weighted by Gasteiger charge is 2.08. The van der Waals surface area contributed by atoms with Gasteiger partial charge in [0.15, 0.2) is 0 Å². The molecule has 3 rings (SSSR count). The highest BCUT2D eigenvalue weighted by molar-refractivity contribution is 7.99. The average molecular weight is 331 g/mol. The van der Waals surface area contributed by atoms with Crippen molar-refractivity contribution in [2.45, 2.75) is 4.90 Å². The summed E-state index contributed by atoms with van der Waals surface area (Å²) in [6.45, 7) is 0.613. The third kappa shape index (κ3) is 3.64. The van der Waals surface area contributed by atoms with Gasteiger partial charge in [-0.15, -0.1) is 11.8 Å². The van der Waals surface area contributed by atoms with Gasteiger partial charge in [-0.25, -0.2) is 0 Å². The molecule has 2 aromatic carbocycles. The van der Waals surface area contributed by atoms with E-state index in [-0.39, 0.29) is 5.91 Å². The summed E-state index contributed by atoms with van der Waals surface area (Å²) in [6, 6.07) is 17.4. The number of aromatic amines is 1. The number of thioether (sulfide) groups is 1. The molecule has 0 atom stereocenters. The van der Waals surface area contributed by atoms with Crippen LogP contribution in [0.2, 0.25) is 5.02 Å². The minimum atomic E-state index is -0.0760. The van der Waals surface area contributed by atoms with Crippen LogP contribution in [0.4, 0.5) is 0 Å². The highest BCUT2D eigenvalue weighted by atomic mass is 35.5. The van der Waals surface area contributed by atoms with E-state index in [1.807, 2.05) is 54.6 Å². The monoisotopic (exact) mass is 330 g/mol. The maximum Gasteiger partial charge on any atom is 0.267 e. The van der Waals surface area contributed by atoms with Crippen molar-refractivity contribution in [3.8, 4) is 0 Å². The van der Waals surface area contributed by atoms with Gasteiger partial charge in [0.25, 0.3) is 5.91 Å². The zero-order valence-electron chi connectivity index (χ0n) is 11.8. The predicted octanol–water partition coefficient (Wildman–Crippen LogP) is 4.34. The van der Waals surface area contributed by atoms with Gasteiger partial charge in [0.1, 0.15) is 5.69 Å². The molecule has 0 saturated carbocycles. The summed E-state index contributed by atoms with van der Waals surface area (Å²) < 4.78 is 0. The van der Waals surface area contributed by atoms with E-state index in [1.54, 1.807) is 11.8 Å². The van der Waals surface area contributed by atoms with Crippen LogP contribution >= 0.6 is 23.4 Å². The Hall–Kier alpha value is -1.91. The Morgan fingerprint density at radius 2 is 1.91 bits per heavy atom. The Kier molecular flexibility index (Phi) is 4.71. The molecule has 0 aliphatic heterocycles. The molecule has 0 radical (unpaired) electrons. The fourth-order valence-electron chi connectivity index (χ4n) is 2.16. The van der Waals surface area contributed by atoms with Crippen LogP contribution in [0, 0.1) is 0 Å². The van der Waals surface area contributed by atoms with Gasteiger partial charge in [0.05, 0.1) is 0 Å². The first-order valence-corrected chi connectivity index (χ1v) is 8.33. The number of para-hydroxylation sites is 1. The van der Waals surface area contributed by atoms with Crippen LogP contribution in [0.3, 0.4) is 0 Å². The van der Waals surface area contributed by atoms with Crippen molar-refractivity contribution in [2.75, 3.05) is 12.3 Å². The van der Waals surface area contributed by atoms with Crippen molar-refractivity contribution in [1.29, 1.82) is 0 Å². The van der Waals surface area contributed by atoms with Gasteiger partial charge in [-0.3, -0.25) is 4.79 Å². The summed E-state index contributed by atoms with van der Waals surface area (Å²) in [5.41, 5.74) is 1.57. The maximum atomic E-state index is 12.1. The molecule has 2 N–H and O–H groups in total. The number of halogens is 1. The van der Waals surface area contributed by atoms with Crippen LogP contribution < -0.4 is 5.32 Å². The molecule has 22 heavy (non-hydrogen) atoms. The van der Waals surface area contributed by atoms with Gasteiger partial charge in [-0.05, 0) is 36.4 Å². The van der Waals surface area contributed by atoms with E-state index in [2.05, 4.69) is 10.3 Å². The van der Waals surface area contributed by atoms with Gasteiger partial charge in [-0.1, -0.05) is 29.8 Å². The van der Waals surface area contributed by atoms with E-state index < -0.39 is 0 Å². The second-order valence-corrected chi connectivity index (χ2v) is 6.43. The van der Waals surface area contributed by atoms with Crippen LogP contribution in [-0.4, -0.2) is 23.2 Å². The summed E-state index contributed by atoms with van der Waals surface area (Å²) in [7, 11) is 0. The van der Waals surface area contributed by atoms with Crippen LogP contribution in [0.1, 0.15) is 10.5 Å². The first-order valence-electron chi connectivity index (χ1n) is 6.97. The summed E-state index contributed by atoms with van der Waals surface area (Å²) in [5.74, 6) is 0.737. The predicted molar refractivity (Wildman–Crippen MR) is 92.8 cm³/mol. The number of carbonyl (C=O) groups is 1. The molecule has 0 aliphatic rings. The zero-order chi connectivity index (χ0) is 15.4. The standard InChI is InChI=1S/C17H15ClN2OS/c18-13-5-7-14(8-6-13)22-10-9-19-17(21)16-11-12-3-1-2-4-15(12)20-16/h1-8,11,20H,9-10H2,(H,19,21). The van der Waals surface area contributed by atoms with E-state index in [0.29, 0.717) is 12.2 Å². The Bertz CT molecular complexity index is 750. The second-order valence-electron chi connectivity index (χ2n) is 4.83. The van der Waals surface area contributed by atoms with Crippen molar-refractivity contribution in [2.24, 2.45) is 0 Å². The van der Waals surface area contributed by atoms with Crippen LogP contribution in [0.5, 0.6) is 0 Å². The molecule has 0 spiro atoms. The minimum absolute atomic E-state index is 0.0760. The topological polar surface area (TPSA) is 44.9 Å². The molecule has 5 heteroatoms. The number of H-pyrrole nitrogens is 1. The summed E-state index contributed by atoms with van der Waals surface area (Å²) in [6.07, 6.45) is 0. The largest absolute Gasteiger partial charge is 0.351 e. The number of hydrogen-bond acceptors (Lipinski definition) is 2. The third-order valence-electron chi connectivity index (χ3n) is 3.24. The number of rotatable bonds is 5. The highest BCUT2D eigenvalue weighted by Crippen LogP contribution is 2.19. The van der Waals surface area contributed by atoms with Gasteiger partial charge < -0.3 is 10.3 Å². The molecule has 0 fully saturated rings. The maximum absolute atomic E-state index is 12.1. The Morgan fingerprint density at radius 1 is 1.14 bits per heavy atom. The molecule has 3 aromatic rings. The van der Waals surface area contributed by atoms with Crippen LogP contribution in [0.25, 0.3) is 10.9 Å². The third-order valence-corrected chi connectivity index (χ3v) is 4.51. The first kappa shape index (κ1) is 15.0. The Labute approximate surface area is 138 Å². The molecule has 1 aromatic heterocycles. The normalized spacial score (nSPS) is 10.8. The number of nitrogens with one attached hydrogen (secondary N) is 2. The van der Waals surface area contributed by atoms with E-state index in [4.69, 9.17) is 11.6 Å². The SMILES string of the molecule is O=C(NCCSc1ccc(Cl)cc1)c1cc2ccccc2[nH]1. The Morgan fingerprint density at radius 3 is 2.68 bits per heavy atom. The summed E-state index contributed by atoms with van der Waals surface area (Å²) in [5, 5.41) is 4.70. The lowest BCUT2D eigenvalue weighted by Gasteiger charge is -2.04. The van der Waals surface area contributed by atoms with Gasteiger partial charge in [0.2, 0.25) is 0 Å². The Balaban J connectivity index is 1.50. The van der Waals surface area contributed by atoms with E-state index in [1.165, 1.54) is 0 Å². The molecule has 0 aliphatic carbocycles. The van der Waals surface area contributed by atoms with Crippen molar-refractivity contribution < 1.29 is 4.79 Å². The van der Waals surface area contributed by atoms with Crippen molar-refractivity contribution in [3.63, 3.8) is 0 Å². The van der Waals surface area contributed by atoms with Crippen molar-refractivity contribution in [1.82, 2.24) is 10.3 Å². The summed E-state index contributed by atoms with van der Waals surface area (Å²) >= 11 is 7.53. The first-order chi connectivity index (χ1) is 10.7. The molecule has 1 amide bonds. The average Bonchev–Trinajstić information content (AvgIpc) is 2.97. The van der Waals surface area contributed by atoms with Crippen molar-refractivity contribution in [3.05, 3.63) is 65.3 Å². The van der Waals surface area contributed by atoms with Gasteiger partial charge >= 0.3 is 0 Å². The lowest BCUT2D eigenvalue weighted by Crippen LogP contribution is -2.25.